The Labute approximate surface area is 119 Å². The quantitative estimate of drug-likeness (QED) is 0.789. The van der Waals surface area contributed by atoms with Crippen molar-refractivity contribution in [2.24, 2.45) is 5.73 Å². The van der Waals surface area contributed by atoms with Crippen molar-refractivity contribution < 1.29 is 4.74 Å². The third-order valence-electron chi connectivity index (χ3n) is 2.90. The topological polar surface area (TPSA) is 73.1 Å². The first-order chi connectivity index (χ1) is 9.72. The summed E-state index contributed by atoms with van der Waals surface area (Å²) in [6, 6.07) is 9.80. The summed E-state index contributed by atoms with van der Waals surface area (Å²) in [6.45, 7) is 3.40. The summed E-state index contributed by atoms with van der Waals surface area (Å²) in [5.41, 5.74) is 8.35. The summed E-state index contributed by atoms with van der Waals surface area (Å²) >= 11 is 0. The number of ether oxygens (including phenoxy) is 1. The van der Waals surface area contributed by atoms with Gasteiger partial charge in [-0.25, -0.2) is 9.97 Å². The molecule has 0 atom stereocenters. The SMILES string of the molecule is COc1ccc(-c2cc(C)nc(NCCCN)n2)cc1. The van der Waals surface area contributed by atoms with Crippen LogP contribution in [0.3, 0.4) is 0 Å². The molecule has 2 rings (SSSR count). The highest BCUT2D eigenvalue weighted by Gasteiger charge is 2.04. The third-order valence-corrected chi connectivity index (χ3v) is 2.90. The monoisotopic (exact) mass is 272 g/mol. The maximum Gasteiger partial charge on any atom is 0.223 e. The Morgan fingerprint density at radius 3 is 2.60 bits per heavy atom. The Bertz CT molecular complexity index is 554. The molecule has 0 bridgehead atoms. The molecule has 0 saturated carbocycles. The first-order valence-corrected chi connectivity index (χ1v) is 6.67. The van der Waals surface area contributed by atoms with E-state index in [-0.39, 0.29) is 0 Å². The van der Waals surface area contributed by atoms with Crippen LogP contribution < -0.4 is 15.8 Å². The van der Waals surface area contributed by atoms with Gasteiger partial charge in [0.05, 0.1) is 12.8 Å². The fraction of sp³-hybridized carbons (Fsp3) is 0.333. The highest BCUT2D eigenvalue weighted by molar-refractivity contribution is 5.61. The van der Waals surface area contributed by atoms with E-state index < -0.39 is 0 Å². The minimum Gasteiger partial charge on any atom is -0.497 e. The van der Waals surface area contributed by atoms with Crippen LogP contribution >= 0.6 is 0 Å². The van der Waals surface area contributed by atoms with Crippen molar-refractivity contribution in [2.45, 2.75) is 13.3 Å². The van der Waals surface area contributed by atoms with Gasteiger partial charge in [-0.05, 0) is 50.2 Å². The third kappa shape index (κ3) is 3.68. The van der Waals surface area contributed by atoms with E-state index in [1.165, 1.54) is 0 Å². The lowest BCUT2D eigenvalue weighted by Crippen LogP contribution is -2.11. The molecule has 1 aromatic carbocycles. The molecule has 3 N–H and O–H groups in total. The second-order valence-electron chi connectivity index (χ2n) is 4.52. The van der Waals surface area contributed by atoms with E-state index in [0.717, 1.165) is 35.7 Å². The number of rotatable bonds is 6. The molecule has 2 aromatic rings. The van der Waals surface area contributed by atoms with Crippen LogP contribution in [-0.4, -0.2) is 30.2 Å². The van der Waals surface area contributed by atoms with Crippen molar-refractivity contribution >= 4 is 5.95 Å². The van der Waals surface area contributed by atoms with E-state index in [9.17, 15) is 0 Å². The van der Waals surface area contributed by atoms with Crippen LogP contribution in [0.1, 0.15) is 12.1 Å². The van der Waals surface area contributed by atoms with Gasteiger partial charge in [-0.15, -0.1) is 0 Å². The van der Waals surface area contributed by atoms with Crippen LogP contribution in [0.5, 0.6) is 5.75 Å². The van der Waals surface area contributed by atoms with Crippen LogP contribution in [0.15, 0.2) is 30.3 Å². The number of benzene rings is 1. The number of nitrogens with zero attached hydrogens (tertiary/aromatic N) is 2. The summed E-state index contributed by atoms with van der Waals surface area (Å²) in [5.74, 6) is 1.48. The largest absolute Gasteiger partial charge is 0.497 e. The fourth-order valence-electron chi connectivity index (χ4n) is 1.86. The van der Waals surface area contributed by atoms with Crippen molar-refractivity contribution in [2.75, 3.05) is 25.5 Å². The summed E-state index contributed by atoms with van der Waals surface area (Å²) < 4.78 is 5.16. The summed E-state index contributed by atoms with van der Waals surface area (Å²) in [5, 5.41) is 3.19. The molecule has 1 heterocycles. The van der Waals surface area contributed by atoms with Crippen molar-refractivity contribution in [1.82, 2.24) is 9.97 Å². The van der Waals surface area contributed by atoms with Gasteiger partial charge < -0.3 is 15.8 Å². The Morgan fingerprint density at radius 1 is 1.20 bits per heavy atom. The molecule has 0 aliphatic carbocycles. The molecule has 0 radical (unpaired) electrons. The number of hydrogen-bond donors (Lipinski definition) is 2. The van der Waals surface area contributed by atoms with Crippen molar-refractivity contribution in [3.63, 3.8) is 0 Å². The fourth-order valence-corrected chi connectivity index (χ4v) is 1.86. The number of anilines is 1. The average Bonchev–Trinajstić information content (AvgIpc) is 2.47. The molecule has 0 fully saturated rings. The first kappa shape index (κ1) is 14.3. The minimum absolute atomic E-state index is 0.643. The predicted octanol–water partition coefficient (Wildman–Crippen LogP) is 2.22. The van der Waals surface area contributed by atoms with Crippen LogP contribution in [-0.2, 0) is 0 Å². The van der Waals surface area contributed by atoms with Crippen molar-refractivity contribution in [3.05, 3.63) is 36.0 Å². The molecule has 0 spiro atoms. The van der Waals surface area contributed by atoms with Crippen LogP contribution in [0.25, 0.3) is 11.3 Å². The number of nitrogens with one attached hydrogen (secondary N) is 1. The van der Waals surface area contributed by atoms with Gasteiger partial charge in [0.15, 0.2) is 0 Å². The smallest absolute Gasteiger partial charge is 0.223 e. The van der Waals surface area contributed by atoms with Gasteiger partial charge in [0.25, 0.3) is 0 Å². The number of nitrogens with two attached hydrogens (primary N) is 1. The lowest BCUT2D eigenvalue weighted by molar-refractivity contribution is 0.415. The normalized spacial score (nSPS) is 10.3. The van der Waals surface area contributed by atoms with Gasteiger partial charge in [0.2, 0.25) is 5.95 Å². The molecule has 106 valence electrons. The molecule has 0 unspecified atom stereocenters. The van der Waals surface area contributed by atoms with E-state index in [2.05, 4.69) is 15.3 Å². The standard InChI is InChI=1S/C15H20N4O/c1-11-10-14(12-4-6-13(20-2)7-5-12)19-15(18-11)17-9-3-8-16/h4-7,10H,3,8-9,16H2,1-2H3,(H,17,18,19). The molecular formula is C15H20N4O. The van der Waals surface area contributed by atoms with E-state index in [0.29, 0.717) is 12.5 Å². The van der Waals surface area contributed by atoms with Crippen LogP contribution in [0.4, 0.5) is 5.95 Å². The molecule has 1 aromatic heterocycles. The molecule has 5 nitrogen and oxygen atoms in total. The zero-order chi connectivity index (χ0) is 14.4. The molecule has 0 aliphatic heterocycles. The molecule has 0 aliphatic rings. The van der Waals surface area contributed by atoms with Crippen molar-refractivity contribution in [3.8, 4) is 17.0 Å². The zero-order valence-corrected chi connectivity index (χ0v) is 11.9. The summed E-state index contributed by atoms with van der Waals surface area (Å²) in [7, 11) is 1.66. The molecule has 20 heavy (non-hydrogen) atoms. The zero-order valence-electron chi connectivity index (χ0n) is 11.9. The Kier molecular flexibility index (Phi) is 4.90. The van der Waals surface area contributed by atoms with Crippen LogP contribution in [0.2, 0.25) is 0 Å². The van der Waals surface area contributed by atoms with Gasteiger partial charge in [-0.1, -0.05) is 0 Å². The van der Waals surface area contributed by atoms with Crippen molar-refractivity contribution in [1.29, 1.82) is 0 Å². The first-order valence-electron chi connectivity index (χ1n) is 6.67. The molecule has 5 heteroatoms. The maximum absolute atomic E-state index is 5.48. The summed E-state index contributed by atoms with van der Waals surface area (Å²) in [6.07, 6.45) is 0.898. The molecular weight excluding hydrogens is 252 g/mol. The Morgan fingerprint density at radius 2 is 1.95 bits per heavy atom. The minimum atomic E-state index is 0.643. The second-order valence-corrected chi connectivity index (χ2v) is 4.52. The average molecular weight is 272 g/mol. The lowest BCUT2D eigenvalue weighted by atomic mass is 10.1. The van der Waals surface area contributed by atoms with E-state index >= 15 is 0 Å². The maximum atomic E-state index is 5.48. The van der Waals surface area contributed by atoms with E-state index in [1.54, 1.807) is 7.11 Å². The number of methoxy groups -OCH3 is 1. The summed E-state index contributed by atoms with van der Waals surface area (Å²) in [4.78, 5) is 8.90. The number of aromatic nitrogens is 2. The molecule has 0 amide bonds. The second kappa shape index (κ2) is 6.86. The Balaban J connectivity index is 2.21. The highest BCUT2D eigenvalue weighted by Crippen LogP contribution is 2.22. The van der Waals surface area contributed by atoms with Gasteiger partial charge in [0, 0.05) is 17.8 Å². The van der Waals surface area contributed by atoms with Crippen LogP contribution in [0, 0.1) is 6.92 Å². The van der Waals surface area contributed by atoms with Gasteiger partial charge >= 0.3 is 0 Å². The number of hydrogen-bond acceptors (Lipinski definition) is 5. The van der Waals surface area contributed by atoms with E-state index in [4.69, 9.17) is 10.5 Å². The van der Waals surface area contributed by atoms with Gasteiger partial charge in [0.1, 0.15) is 5.75 Å². The van der Waals surface area contributed by atoms with Gasteiger partial charge in [-0.3, -0.25) is 0 Å². The van der Waals surface area contributed by atoms with Gasteiger partial charge in [-0.2, -0.15) is 0 Å². The molecule has 0 saturated heterocycles. The highest BCUT2D eigenvalue weighted by atomic mass is 16.5. The predicted molar refractivity (Wildman–Crippen MR) is 80.9 cm³/mol. The lowest BCUT2D eigenvalue weighted by Gasteiger charge is -2.08. The van der Waals surface area contributed by atoms with E-state index in [1.807, 2.05) is 37.3 Å². The number of aryl methyl sites for hydroxylation is 1. The Hall–Kier alpha value is -2.14.